The highest BCUT2D eigenvalue weighted by Crippen LogP contribution is 2.28. The molecular weight excluding hydrogens is 463 g/mol. The molecule has 4 rings (SSSR count). The van der Waals surface area contributed by atoms with Crippen LogP contribution in [0.2, 0.25) is 0 Å². The number of alkyl halides is 3. The molecule has 0 saturated carbocycles. The van der Waals surface area contributed by atoms with Crippen molar-refractivity contribution in [1.82, 2.24) is 14.5 Å². The van der Waals surface area contributed by atoms with Gasteiger partial charge in [0.15, 0.2) is 0 Å². The summed E-state index contributed by atoms with van der Waals surface area (Å²) in [6, 6.07) is 10.7. The first-order valence-corrected chi connectivity index (χ1v) is 11.5. The summed E-state index contributed by atoms with van der Waals surface area (Å²) in [4.78, 5) is 20.3. The number of nitrogens with zero attached hydrogens (tertiary/aromatic N) is 3. The van der Waals surface area contributed by atoms with E-state index in [0.717, 1.165) is 42.6 Å². The molecule has 1 saturated heterocycles. The maximum atomic E-state index is 13.6. The molecule has 1 fully saturated rings. The number of aromatic nitrogens is 2. The third kappa shape index (κ3) is 5.66. The molecule has 10 heteroatoms. The minimum absolute atomic E-state index is 0.0266. The van der Waals surface area contributed by atoms with Crippen LogP contribution < -0.4 is 10.3 Å². The summed E-state index contributed by atoms with van der Waals surface area (Å²) in [5.41, 5.74) is 1.51. The van der Waals surface area contributed by atoms with E-state index >= 15 is 0 Å². The molecule has 3 aromatic rings. The molecule has 0 spiro atoms. The van der Waals surface area contributed by atoms with E-state index in [9.17, 15) is 28.2 Å². The van der Waals surface area contributed by atoms with Crippen LogP contribution in [0.5, 0.6) is 5.75 Å². The molecule has 0 radical (unpaired) electrons. The van der Waals surface area contributed by atoms with Gasteiger partial charge in [0.25, 0.3) is 5.56 Å². The Balaban J connectivity index is 1.79. The lowest BCUT2D eigenvalue weighted by atomic mass is 9.96. The van der Waals surface area contributed by atoms with Gasteiger partial charge in [0, 0.05) is 18.7 Å². The van der Waals surface area contributed by atoms with Gasteiger partial charge in [-0.25, -0.2) is 4.98 Å². The molecule has 188 valence electrons. The van der Waals surface area contributed by atoms with Crippen LogP contribution in [0.4, 0.5) is 13.2 Å². The monoisotopic (exact) mass is 491 g/mol. The van der Waals surface area contributed by atoms with Crippen molar-refractivity contribution in [2.75, 3.05) is 26.3 Å². The fourth-order valence-corrected chi connectivity index (χ4v) is 4.72. The van der Waals surface area contributed by atoms with Crippen molar-refractivity contribution < 1.29 is 28.1 Å². The van der Waals surface area contributed by atoms with Crippen molar-refractivity contribution in [3.63, 3.8) is 0 Å². The zero-order valence-corrected chi connectivity index (χ0v) is 19.3. The zero-order valence-electron chi connectivity index (χ0n) is 19.3. The SMILES string of the molecule is Cc1ccccc1-c1nc2ccc(OC(F)(F)F)cc2c(=O)n1CC1CCCN(C(CO)CO)C1. The quantitative estimate of drug-likeness (QED) is 0.527. The predicted octanol–water partition coefficient (Wildman–Crippen LogP) is 3.34. The number of halogens is 3. The number of benzene rings is 2. The van der Waals surface area contributed by atoms with E-state index in [1.54, 1.807) is 0 Å². The van der Waals surface area contributed by atoms with Crippen LogP contribution in [-0.4, -0.2) is 63.4 Å². The summed E-state index contributed by atoms with van der Waals surface area (Å²) in [7, 11) is 0. The lowest BCUT2D eigenvalue weighted by Crippen LogP contribution is -2.47. The highest BCUT2D eigenvalue weighted by molar-refractivity contribution is 5.81. The van der Waals surface area contributed by atoms with Crippen molar-refractivity contribution in [2.24, 2.45) is 5.92 Å². The Kier molecular flexibility index (Phi) is 7.44. The third-order valence-corrected chi connectivity index (χ3v) is 6.47. The number of aliphatic hydroxyl groups is 2. The first-order valence-electron chi connectivity index (χ1n) is 11.5. The van der Waals surface area contributed by atoms with Crippen LogP contribution in [0.25, 0.3) is 22.3 Å². The fraction of sp³-hybridized carbons (Fsp3) is 0.440. The highest BCUT2D eigenvalue weighted by atomic mass is 19.4. The predicted molar refractivity (Wildman–Crippen MR) is 125 cm³/mol. The Hall–Kier alpha value is -2.95. The van der Waals surface area contributed by atoms with E-state index in [2.05, 4.69) is 9.72 Å². The molecule has 35 heavy (non-hydrogen) atoms. The highest BCUT2D eigenvalue weighted by Gasteiger charge is 2.31. The van der Waals surface area contributed by atoms with Gasteiger partial charge in [-0.3, -0.25) is 14.3 Å². The van der Waals surface area contributed by atoms with Gasteiger partial charge in [-0.2, -0.15) is 0 Å². The van der Waals surface area contributed by atoms with Gasteiger partial charge < -0.3 is 14.9 Å². The second-order valence-electron chi connectivity index (χ2n) is 8.92. The third-order valence-electron chi connectivity index (χ3n) is 6.47. The number of aryl methyl sites for hydroxylation is 1. The number of rotatable bonds is 7. The van der Waals surface area contributed by atoms with E-state index in [-0.39, 0.29) is 36.1 Å². The van der Waals surface area contributed by atoms with Crippen molar-refractivity contribution in [3.8, 4) is 17.1 Å². The standard InChI is InChI=1S/C25H28F3N3O4/c1-16-5-2-3-7-20(16)23-29-22-9-8-19(35-25(26,27)28)11-21(22)24(34)31(23)13-17-6-4-10-30(12-17)18(14-32)15-33/h2-3,5,7-9,11,17-18,32-33H,4,6,10,12-15H2,1H3. The normalized spacial score (nSPS) is 17.3. The van der Waals surface area contributed by atoms with Crippen molar-refractivity contribution in [3.05, 3.63) is 58.4 Å². The van der Waals surface area contributed by atoms with Crippen molar-refractivity contribution in [1.29, 1.82) is 0 Å². The first kappa shape index (κ1) is 25.2. The number of ether oxygens (including phenoxy) is 1. The van der Waals surface area contributed by atoms with Crippen LogP contribution >= 0.6 is 0 Å². The molecular formula is C25H28F3N3O4. The molecule has 7 nitrogen and oxygen atoms in total. The Morgan fingerprint density at radius 1 is 1.17 bits per heavy atom. The largest absolute Gasteiger partial charge is 0.573 e. The van der Waals surface area contributed by atoms with Crippen LogP contribution in [0.3, 0.4) is 0 Å². The molecule has 1 atom stereocenters. The van der Waals surface area contributed by atoms with E-state index < -0.39 is 17.7 Å². The Morgan fingerprint density at radius 3 is 2.60 bits per heavy atom. The fourth-order valence-electron chi connectivity index (χ4n) is 4.72. The first-order chi connectivity index (χ1) is 16.7. The van der Waals surface area contributed by atoms with Gasteiger partial charge in [-0.05, 0) is 56.0 Å². The summed E-state index contributed by atoms with van der Waals surface area (Å²) in [5.74, 6) is -0.00146. The average Bonchev–Trinajstić information content (AvgIpc) is 2.82. The molecule has 1 aliphatic rings. The van der Waals surface area contributed by atoms with Crippen LogP contribution in [-0.2, 0) is 6.54 Å². The number of likely N-dealkylation sites (tertiary alicyclic amines) is 1. The molecule has 2 heterocycles. The molecule has 1 aromatic heterocycles. The molecule has 1 unspecified atom stereocenters. The maximum Gasteiger partial charge on any atom is 0.573 e. The van der Waals surface area contributed by atoms with E-state index in [1.165, 1.54) is 10.6 Å². The number of hydrogen-bond acceptors (Lipinski definition) is 6. The van der Waals surface area contributed by atoms with Gasteiger partial charge in [-0.15, -0.1) is 13.2 Å². The molecule has 0 bridgehead atoms. The number of aliphatic hydroxyl groups excluding tert-OH is 2. The summed E-state index contributed by atoms with van der Waals surface area (Å²) >= 11 is 0. The Bertz CT molecular complexity index is 1240. The minimum atomic E-state index is -4.87. The second-order valence-corrected chi connectivity index (χ2v) is 8.92. The number of fused-ring (bicyclic) bond motifs is 1. The average molecular weight is 492 g/mol. The summed E-state index contributed by atoms with van der Waals surface area (Å²) in [6.45, 7) is 3.17. The minimum Gasteiger partial charge on any atom is -0.406 e. The Labute approximate surface area is 200 Å². The smallest absolute Gasteiger partial charge is 0.406 e. The van der Waals surface area contributed by atoms with Crippen LogP contribution in [0, 0.1) is 12.8 Å². The summed E-state index contributed by atoms with van der Waals surface area (Å²) < 4.78 is 43.8. The maximum absolute atomic E-state index is 13.6. The second kappa shape index (κ2) is 10.3. The van der Waals surface area contributed by atoms with Crippen molar-refractivity contribution in [2.45, 2.75) is 38.7 Å². The van der Waals surface area contributed by atoms with Gasteiger partial charge in [0.05, 0.1) is 30.2 Å². The van der Waals surface area contributed by atoms with E-state index in [4.69, 9.17) is 0 Å². The zero-order chi connectivity index (χ0) is 25.2. The lowest BCUT2D eigenvalue weighted by molar-refractivity contribution is -0.274. The molecule has 0 amide bonds. The van der Waals surface area contributed by atoms with E-state index in [0.29, 0.717) is 18.9 Å². The van der Waals surface area contributed by atoms with Gasteiger partial charge in [-0.1, -0.05) is 24.3 Å². The molecule has 2 N–H and O–H groups in total. The van der Waals surface area contributed by atoms with Gasteiger partial charge >= 0.3 is 6.36 Å². The summed E-state index contributed by atoms with van der Waals surface area (Å²) in [6.07, 6.45) is -3.21. The van der Waals surface area contributed by atoms with Crippen LogP contribution in [0.15, 0.2) is 47.3 Å². The lowest BCUT2D eigenvalue weighted by Gasteiger charge is -2.37. The Morgan fingerprint density at radius 2 is 1.91 bits per heavy atom. The molecule has 2 aromatic carbocycles. The number of hydrogen-bond donors (Lipinski definition) is 2. The van der Waals surface area contributed by atoms with Gasteiger partial charge in [0.2, 0.25) is 0 Å². The number of piperidine rings is 1. The van der Waals surface area contributed by atoms with E-state index in [1.807, 2.05) is 36.1 Å². The summed E-state index contributed by atoms with van der Waals surface area (Å²) in [5, 5.41) is 19.2. The molecule has 0 aliphatic carbocycles. The topological polar surface area (TPSA) is 87.8 Å². The van der Waals surface area contributed by atoms with Crippen LogP contribution in [0.1, 0.15) is 18.4 Å². The molecule has 1 aliphatic heterocycles. The van der Waals surface area contributed by atoms with Gasteiger partial charge in [0.1, 0.15) is 11.6 Å². The van der Waals surface area contributed by atoms with Crippen molar-refractivity contribution >= 4 is 10.9 Å².